The lowest BCUT2D eigenvalue weighted by atomic mass is 10.2. The van der Waals surface area contributed by atoms with Crippen LogP contribution in [0, 0.1) is 0 Å². The average molecular weight is 380 g/mol. The minimum atomic E-state index is 0.325. The van der Waals surface area contributed by atoms with Crippen LogP contribution in [-0.4, -0.2) is 39.1 Å². The molecular weight excluding hydrogens is 356 g/mol. The molecular formula is C20H24N6O2. The van der Waals surface area contributed by atoms with Crippen molar-refractivity contribution in [1.29, 1.82) is 0 Å². The van der Waals surface area contributed by atoms with Gasteiger partial charge in [-0.1, -0.05) is 12.8 Å². The smallest absolute Gasteiger partial charge is 0.293 e. The predicted octanol–water partition coefficient (Wildman–Crippen LogP) is 2.95. The van der Waals surface area contributed by atoms with Crippen molar-refractivity contribution in [2.24, 2.45) is 0 Å². The predicted molar refractivity (Wildman–Crippen MR) is 106 cm³/mol. The number of carbonyl (C=O) groups excluding carboxylic acids is 1. The fourth-order valence-corrected chi connectivity index (χ4v) is 3.68. The van der Waals surface area contributed by atoms with Crippen molar-refractivity contribution < 1.29 is 9.53 Å². The molecule has 1 saturated carbocycles. The van der Waals surface area contributed by atoms with Gasteiger partial charge < -0.3 is 19.9 Å². The van der Waals surface area contributed by atoms with Crippen LogP contribution in [0.15, 0.2) is 36.8 Å². The van der Waals surface area contributed by atoms with Crippen molar-refractivity contribution in [2.75, 3.05) is 18.5 Å². The van der Waals surface area contributed by atoms with Gasteiger partial charge in [-0.3, -0.25) is 4.79 Å². The number of nitrogens with zero attached hydrogens (tertiary/aromatic N) is 4. The first-order valence-electron chi connectivity index (χ1n) is 9.65. The van der Waals surface area contributed by atoms with Crippen molar-refractivity contribution >= 4 is 29.0 Å². The number of anilines is 2. The first-order valence-corrected chi connectivity index (χ1v) is 9.65. The van der Waals surface area contributed by atoms with Crippen molar-refractivity contribution in [3.8, 4) is 0 Å². The average Bonchev–Trinajstić information content (AvgIpc) is 3.37. The molecule has 4 rings (SSSR count). The molecule has 8 nitrogen and oxygen atoms in total. The van der Waals surface area contributed by atoms with Crippen LogP contribution in [0.1, 0.15) is 37.5 Å². The molecule has 28 heavy (non-hydrogen) atoms. The van der Waals surface area contributed by atoms with Gasteiger partial charge >= 0.3 is 0 Å². The molecule has 1 fully saturated rings. The zero-order valence-corrected chi connectivity index (χ0v) is 15.7. The summed E-state index contributed by atoms with van der Waals surface area (Å²) in [4.78, 5) is 23.4. The van der Waals surface area contributed by atoms with Crippen LogP contribution in [0.4, 0.5) is 11.6 Å². The molecule has 0 radical (unpaired) electrons. The molecule has 1 aliphatic rings. The maximum Gasteiger partial charge on any atom is 0.293 e. The molecule has 8 heteroatoms. The Hall–Kier alpha value is -3.00. The van der Waals surface area contributed by atoms with E-state index in [9.17, 15) is 4.79 Å². The number of pyridine rings is 1. The standard InChI is InChI=1S/C20H24N6O2/c27-14-28-10-8-21-13-20-22-7-5-18(25-20)24-19-11-17-15(12-23-19)6-9-26(17)16-3-1-2-4-16/h5-7,9,11-12,14,16,21H,1-4,8,10,13H2,(H,22,23,24,25). The second kappa shape index (κ2) is 8.79. The van der Waals surface area contributed by atoms with Crippen LogP contribution < -0.4 is 10.6 Å². The van der Waals surface area contributed by atoms with Crippen molar-refractivity contribution in [3.05, 3.63) is 42.6 Å². The van der Waals surface area contributed by atoms with Crippen LogP contribution in [0.5, 0.6) is 0 Å². The summed E-state index contributed by atoms with van der Waals surface area (Å²) < 4.78 is 7.02. The molecule has 1 aliphatic carbocycles. The summed E-state index contributed by atoms with van der Waals surface area (Å²) in [6.45, 7) is 1.81. The van der Waals surface area contributed by atoms with E-state index in [1.807, 2.05) is 12.3 Å². The Bertz CT molecular complexity index is 935. The molecule has 2 N–H and O–H groups in total. The first kappa shape index (κ1) is 18.4. The zero-order chi connectivity index (χ0) is 19.2. The Labute approximate surface area is 163 Å². The van der Waals surface area contributed by atoms with E-state index in [0.29, 0.717) is 43.9 Å². The molecule has 3 heterocycles. The van der Waals surface area contributed by atoms with E-state index in [-0.39, 0.29) is 0 Å². The normalized spacial score (nSPS) is 14.4. The van der Waals surface area contributed by atoms with Gasteiger partial charge in [-0.2, -0.15) is 0 Å². The maximum absolute atomic E-state index is 10.1. The number of rotatable bonds is 9. The number of aromatic nitrogens is 4. The summed E-state index contributed by atoms with van der Waals surface area (Å²) in [6, 6.07) is 6.63. The fraction of sp³-hybridized carbons (Fsp3) is 0.400. The molecule has 0 aromatic carbocycles. The zero-order valence-electron chi connectivity index (χ0n) is 15.7. The number of fused-ring (bicyclic) bond motifs is 1. The van der Waals surface area contributed by atoms with Gasteiger partial charge in [-0.25, -0.2) is 15.0 Å². The van der Waals surface area contributed by atoms with Gasteiger partial charge in [-0.15, -0.1) is 0 Å². The lowest BCUT2D eigenvalue weighted by molar-refractivity contribution is -0.128. The van der Waals surface area contributed by atoms with Gasteiger partial charge in [0.05, 0.1) is 12.1 Å². The van der Waals surface area contributed by atoms with Crippen LogP contribution in [0.25, 0.3) is 10.9 Å². The highest BCUT2D eigenvalue weighted by atomic mass is 16.5. The van der Waals surface area contributed by atoms with E-state index in [2.05, 4.69) is 53.2 Å². The maximum atomic E-state index is 10.1. The Kier molecular flexibility index (Phi) is 5.77. The van der Waals surface area contributed by atoms with E-state index in [0.717, 1.165) is 11.2 Å². The van der Waals surface area contributed by atoms with Crippen molar-refractivity contribution in [2.45, 2.75) is 38.3 Å². The SMILES string of the molecule is O=COCCNCc1nccc(Nc2cc3c(ccn3C3CCCC3)cn2)n1. The van der Waals surface area contributed by atoms with Crippen LogP contribution in [-0.2, 0) is 16.1 Å². The summed E-state index contributed by atoms with van der Waals surface area (Å²) in [6.07, 6.45) is 10.9. The second-order valence-corrected chi connectivity index (χ2v) is 6.92. The van der Waals surface area contributed by atoms with E-state index < -0.39 is 0 Å². The Morgan fingerprint density at radius 2 is 2.11 bits per heavy atom. The Morgan fingerprint density at radius 1 is 1.21 bits per heavy atom. The minimum Gasteiger partial charge on any atom is -0.467 e. The van der Waals surface area contributed by atoms with Crippen molar-refractivity contribution in [1.82, 2.24) is 24.8 Å². The third-order valence-corrected chi connectivity index (χ3v) is 5.03. The van der Waals surface area contributed by atoms with Gasteiger partial charge in [0.25, 0.3) is 6.47 Å². The topological polar surface area (TPSA) is 94.0 Å². The van der Waals surface area contributed by atoms with Gasteiger partial charge in [0.2, 0.25) is 0 Å². The molecule has 146 valence electrons. The fourth-order valence-electron chi connectivity index (χ4n) is 3.68. The Balaban J connectivity index is 1.45. The van der Waals surface area contributed by atoms with Crippen LogP contribution in [0.3, 0.4) is 0 Å². The van der Waals surface area contributed by atoms with Gasteiger partial charge in [0, 0.05) is 42.6 Å². The number of ether oxygens (including phenoxy) is 1. The summed E-state index contributed by atoms with van der Waals surface area (Å²) in [7, 11) is 0. The van der Waals surface area contributed by atoms with E-state index in [4.69, 9.17) is 0 Å². The molecule has 0 aliphatic heterocycles. The largest absolute Gasteiger partial charge is 0.467 e. The number of nitrogens with one attached hydrogen (secondary N) is 2. The quantitative estimate of drug-likeness (QED) is 0.435. The van der Waals surface area contributed by atoms with Gasteiger partial charge in [0.1, 0.15) is 24.1 Å². The molecule has 0 atom stereocenters. The highest BCUT2D eigenvalue weighted by molar-refractivity contribution is 5.82. The van der Waals surface area contributed by atoms with Gasteiger partial charge in [0.15, 0.2) is 0 Å². The lowest BCUT2D eigenvalue weighted by Gasteiger charge is -2.14. The molecule has 0 bridgehead atoms. The van der Waals surface area contributed by atoms with Crippen LogP contribution in [0.2, 0.25) is 0 Å². The molecule has 0 amide bonds. The molecule has 3 aromatic heterocycles. The minimum absolute atomic E-state index is 0.325. The monoisotopic (exact) mass is 380 g/mol. The number of hydrogen-bond donors (Lipinski definition) is 2. The van der Waals surface area contributed by atoms with Crippen molar-refractivity contribution in [3.63, 3.8) is 0 Å². The van der Waals surface area contributed by atoms with E-state index >= 15 is 0 Å². The molecule has 0 spiro atoms. The lowest BCUT2D eigenvalue weighted by Crippen LogP contribution is -2.20. The summed E-state index contributed by atoms with van der Waals surface area (Å²) in [5.74, 6) is 2.12. The highest BCUT2D eigenvalue weighted by Gasteiger charge is 2.18. The summed E-state index contributed by atoms with van der Waals surface area (Å²) >= 11 is 0. The number of hydrogen-bond acceptors (Lipinski definition) is 7. The molecule has 0 saturated heterocycles. The Morgan fingerprint density at radius 3 is 2.96 bits per heavy atom. The highest BCUT2D eigenvalue weighted by Crippen LogP contribution is 2.33. The van der Waals surface area contributed by atoms with Gasteiger partial charge in [-0.05, 0) is 25.0 Å². The second-order valence-electron chi connectivity index (χ2n) is 6.92. The third kappa shape index (κ3) is 4.28. The first-order chi connectivity index (χ1) is 13.8. The summed E-state index contributed by atoms with van der Waals surface area (Å²) in [5.41, 5.74) is 1.20. The van der Waals surface area contributed by atoms with Crippen LogP contribution >= 0.6 is 0 Å². The van der Waals surface area contributed by atoms with E-state index in [1.54, 1.807) is 6.20 Å². The summed E-state index contributed by atoms with van der Waals surface area (Å²) in [5, 5.41) is 7.57. The molecule has 0 unspecified atom stereocenters. The third-order valence-electron chi connectivity index (χ3n) is 5.03. The molecule has 3 aromatic rings. The van der Waals surface area contributed by atoms with E-state index in [1.165, 1.54) is 31.2 Å². The number of carbonyl (C=O) groups is 1.